The van der Waals surface area contributed by atoms with Gasteiger partial charge in [-0.2, -0.15) is 0 Å². The van der Waals surface area contributed by atoms with Crippen LogP contribution < -0.4 is 10.5 Å². The molecule has 1 rings (SSSR count). The molecule has 0 aliphatic heterocycles. The molecular formula is C9H18ClN3O2S2. The first-order chi connectivity index (χ1) is 7.18. The Bertz CT molecular complexity index is 482. The summed E-state index contributed by atoms with van der Waals surface area (Å²) in [5.74, 6) is 0. The van der Waals surface area contributed by atoms with Gasteiger partial charge in [-0.1, -0.05) is 0 Å². The first-order valence-corrected chi connectivity index (χ1v) is 7.16. The molecular weight excluding hydrogens is 282 g/mol. The SMILES string of the molecule is Cc1nc(C)c(S(=O)(=O)NC(C)(C)CN)s1.Cl. The molecule has 0 fully saturated rings. The molecule has 0 aromatic carbocycles. The number of aromatic nitrogens is 1. The van der Waals surface area contributed by atoms with Crippen molar-refractivity contribution in [2.45, 2.75) is 37.4 Å². The Hall–Kier alpha value is -0.210. The molecule has 0 aliphatic rings. The Morgan fingerprint density at radius 2 is 1.94 bits per heavy atom. The number of nitrogens with zero attached hydrogens (tertiary/aromatic N) is 1. The smallest absolute Gasteiger partial charge is 0.252 e. The summed E-state index contributed by atoms with van der Waals surface area (Å²) < 4.78 is 26.9. The molecule has 0 radical (unpaired) electrons. The maximum Gasteiger partial charge on any atom is 0.252 e. The van der Waals surface area contributed by atoms with Gasteiger partial charge in [0.1, 0.15) is 0 Å². The molecule has 5 nitrogen and oxygen atoms in total. The molecule has 0 amide bonds. The summed E-state index contributed by atoms with van der Waals surface area (Å²) in [5.41, 5.74) is 5.38. The number of thiazole rings is 1. The van der Waals surface area contributed by atoms with E-state index in [0.717, 1.165) is 5.01 Å². The van der Waals surface area contributed by atoms with Crippen molar-refractivity contribution < 1.29 is 8.42 Å². The average molecular weight is 300 g/mol. The van der Waals surface area contributed by atoms with Gasteiger partial charge in [0.25, 0.3) is 10.0 Å². The quantitative estimate of drug-likeness (QED) is 0.875. The van der Waals surface area contributed by atoms with Crippen molar-refractivity contribution in [2.24, 2.45) is 5.73 Å². The topological polar surface area (TPSA) is 85.1 Å². The lowest BCUT2D eigenvalue weighted by atomic mass is 10.1. The number of hydrogen-bond acceptors (Lipinski definition) is 5. The lowest BCUT2D eigenvalue weighted by Crippen LogP contribution is -2.48. The van der Waals surface area contributed by atoms with E-state index in [0.29, 0.717) is 5.69 Å². The molecule has 8 heteroatoms. The summed E-state index contributed by atoms with van der Waals surface area (Å²) in [5, 5.41) is 0.739. The minimum absolute atomic E-state index is 0. The molecule has 0 bridgehead atoms. The van der Waals surface area contributed by atoms with Crippen molar-refractivity contribution in [3.63, 3.8) is 0 Å². The van der Waals surface area contributed by atoms with Crippen molar-refractivity contribution in [1.82, 2.24) is 9.71 Å². The third-order valence-electron chi connectivity index (χ3n) is 2.03. The molecule has 0 saturated heterocycles. The van der Waals surface area contributed by atoms with Crippen LogP contribution in [0.2, 0.25) is 0 Å². The van der Waals surface area contributed by atoms with Crippen molar-refractivity contribution in [1.29, 1.82) is 0 Å². The second-order valence-corrected chi connectivity index (χ2v) is 7.38. The molecule has 1 aromatic heterocycles. The molecule has 3 N–H and O–H groups in total. The van der Waals surface area contributed by atoms with E-state index in [1.165, 1.54) is 11.3 Å². The maximum absolute atomic E-state index is 12.0. The third-order valence-corrected chi connectivity index (χ3v) is 5.41. The Morgan fingerprint density at radius 1 is 1.41 bits per heavy atom. The standard InChI is InChI=1S/C9H17N3O2S2.ClH/c1-6-8(15-7(2)11-6)16(13,14)12-9(3,4)5-10;/h12H,5,10H2,1-4H3;1H. The van der Waals surface area contributed by atoms with Crippen molar-refractivity contribution >= 4 is 33.8 Å². The van der Waals surface area contributed by atoms with Gasteiger partial charge in [0, 0.05) is 12.1 Å². The van der Waals surface area contributed by atoms with Crippen LogP contribution in [0.25, 0.3) is 0 Å². The summed E-state index contributed by atoms with van der Waals surface area (Å²) in [6.07, 6.45) is 0. The van der Waals surface area contributed by atoms with E-state index in [4.69, 9.17) is 5.73 Å². The van der Waals surface area contributed by atoms with Crippen molar-refractivity contribution in [3.05, 3.63) is 10.7 Å². The number of hydrogen-bond donors (Lipinski definition) is 2. The molecule has 1 aromatic rings. The molecule has 0 saturated carbocycles. The van der Waals surface area contributed by atoms with Crippen LogP contribution in [0.3, 0.4) is 0 Å². The van der Waals surface area contributed by atoms with Crippen LogP contribution in [0.5, 0.6) is 0 Å². The van der Waals surface area contributed by atoms with Crippen LogP contribution in [0.4, 0.5) is 0 Å². The van der Waals surface area contributed by atoms with Crippen molar-refractivity contribution in [2.75, 3.05) is 6.54 Å². The highest BCUT2D eigenvalue weighted by molar-refractivity contribution is 7.91. The molecule has 0 atom stereocenters. The van der Waals surface area contributed by atoms with Gasteiger partial charge in [-0.15, -0.1) is 23.7 Å². The Balaban J connectivity index is 0.00000256. The molecule has 0 unspecified atom stereocenters. The Labute approximate surface area is 112 Å². The third kappa shape index (κ3) is 4.18. The van der Waals surface area contributed by atoms with E-state index in [1.54, 1.807) is 27.7 Å². The van der Waals surface area contributed by atoms with Gasteiger partial charge >= 0.3 is 0 Å². The zero-order valence-electron chi connectivity index (χ0n) is 10.3. The second-order valence-electron chi connectivity index (χ2n) is 4.30. The highest BCUT2D eigenvalue weighted by atomic mass is 35.5. The van der Waals surface area contributed by atoms with E-state index in [-0.39, 0.29) is 23.2 Å². The van der Waals surface area contributed by atoms with Gasteiger partial charge in [-0.3, -0.25) is 0 Å². The van der Waals surface area contributed by atoms with E-state index < -0.39 is 15.6 Å². The van der Waals surface area contributed by atoms with Crippen LogP contribution in [0.15, 0.2) is 4.21 Å². The molecule has 0 aliphatic carbocycles. The summed E-state index contributed by atoms with van der Waals surface area (Å²) in [4.78, 5) is 4.10. The van der Waals surface area contributed by atoms with Gasteiger partial charge in [-0.05, 0) is 27.7 Å². The zero-order chi connectivity index (χ0) is 12.6. The second kappa shape index (κ2) is 5.62. The predicted octanol–water partition coefficient (Wildman–Crippen LogP) is 1.20. The van der Waals surface area contributed by atoms with Gasteiger partial charge in [0.15, 0.2) is 4.21 Å². The largest absolute Gasteiger partial charge is 0.329 e. The lowest BCUT2D eigenvalue weighted by molar-refractivity contribution is 0.463. The minimum atomic E-state index is -3.51. The molecule has 0 spiro atoms. The van der Waals surface area contributed by atoms with E-state index in [1.807, 2.05) is 0 Å². The van der Waals surface area contributed by atoms with Crippen LogP contribution in [-0.4, -0.2) is 25.5 Å². The van der Waals surface area contributed by atoms with Crippen LogP contribution >= 0.6 is 23.7 Å². The number of nitrogens with two attached hydrogens (primary N) is 1. The predicted molar refractivity (Wildman–Crippen MR) is 72.3 cm³/mol. The zero-order valence-corrected chi connectivity index (χ0v) is 12.7. The number of nitrogens with one attached hydrogen (secondary N) is 1. The van der Waals surface area contributed by atoms with E-state index in [2.05, 4.69) is 9.71 Å². The first kappa shape index (κ1) is 16.8. The minimum Gasteiger partial charge on any atom is -0.329 e. The van der Waals surface area contributed by atoms with E-state index in [9.17, 15) is 8.42 Å². The summed E-state index contributed by atoms with van der Waals surface area (Å²) in [6, 6.07) is 0. The fourth-order valence-corrected chi connectivity index (χ4v) is 4.12. The summed E-state index contributed by atoms with van der Waals surface area (Å²) >= 11 is 1.17. The normalized spacial score (nSPS) is 12.3. The fourth-order valence-electron chi connectivity index (χ4n) is 1.21. The Kier molecular flexibility index (Phi) is 5.55. The first-order valence-electron chi connectivity index (χ1n) is 4.86. The molecule has 1 heterocycles. The monoisotopic (exact) mass is 299 g/mol. The van der Waals surface area contributed by atoms with Gasteiger partial charge in [-0.25, -0.2) is 18.1 Å². The van der Waals surface area contributed by atoms with Crippen LogP contribution in [-0.2, 0) is 10.0 Å². The summed E-state index contributed by atoms with van der Waals surface area (Å²) in [7, 11) is -3.51. The summed E-state index contributed by atoms with van der Waals surface area (Å²) in [6.45, 7) is 7.20. The Morgan fingerprint density at radius 3 is 2.29 bits per heavy atom. The fraction of sp³-hybridized carbons (Fsp3) is 0.667. The molecule has 100 valence electrons. The number of rotatable bonds is 4. The number of sulfonamides is 1. The van der Waals surface area contributed by atoms with Gasteiger partial charge < -0.3 is 5.73 Å². The van der Waals surface area contributed by atoms with Gasteiger partial charge in [0.05, 0.1) is 10.7 Å². The lowest BCUT2D eigenvalue weighted by Gasteiger charge is -2.23. The highest BCUT2D eigenvalue weighted by Crippen LogP contribution is 2.23. The van der Waals surface area contributed by atoms with E-state index >= 15 is 0 Å². The van der Waals surface area contributed by atoms with Crippen LogP contribution in [0, 0.1) is 13.8 Å². The maximum atomic E-state index is 12.0. The van der Waals surface area contributed by atoms with Gasteiger partial charge in [0.2, 0.25) is 0 Å². The highest BCUT2D eigenvalue weighted by Gasteiger charge is 2.28. The van der Waals surface area contributed by atoms with Crippen molar-refractivity contribution in [3.8, 4) is 0 Å². The van der Waals surface area contributed by atoms with Crippen LogP contribution in [0.1, 0.15) is 24.5 Å². The average Bonchev–Trinajstić information content (AvgIpc) is 2.44. The number of halogens is 1. The molecule has 17 heavy (non-hydrogen) atoms. The number of aryl methyl sites for hydroxylation is 2.